The maximum absolute atomic E-state index is 8.86. The normalized spacial score (nSPS) is 9.50. The highest BCUT2D eigenvalue weighted by atomic mass is 16.3. The van der Waals surface area contributed by atoms with Crippen LogP contribution in [0.3, 0.4) is 0 Å². The Morgan fingerprint density at radius 1 is 1.36 bits per heavy atom. The maximum Gasteiger partial charge on any atom is 0.0606 e. The van der Waals surface area contributed by atoms with E-state index in [4.69, 9.17) is 11.5 Å². The molecule has 0 amide bonds. The fourth-order valence-electron chi connectivity index (χ4n) is 1.36. The first-order valence-electron chi connectivity index (χ1n) is 4.74. The second-order valence-corrected chi connectivity index (χ2v) is 2.99. The summed E-state index contributed by atoms with van der Waals surface area (Å²) in [5.41, 5.74) is 1.98. The number of aliphatic hydroxyl groups is 1. The number of rotatable bonds is 4. The van der Waals surface area contributed by atoms with E-state index in [0.717, 1.165) is 17.8 Å². The van der Waals surface area contributed by atoms with Gasteiger partial charge in [-0.1, -0.05) is 5.92 Å². The molecule has 1 aromatic carbocycles. The van der Waals surface area contributed by atoms with Gasteiger partial charge in [0.15, 0.2) is 0 Å². The molecule has 2 nitrogen and oxygen atoms in total. The predicted octanol–water partition coefficient (Wildman–Crippen LogP) is 1.49. The number of anilines is 1. The van der Waals surface area contributed by atoms with E-state index in [9.17, 15) is 0 Å². The number of likely N-dealkylation sites (N-methyl/N-ethyl adjacent to an activating group) is 1. The van der Waals surface area contributed by atoms with Gasteiger partial charge in [0.2, 0.25) is 0 Å². The van der Waals surface area contributed by atoms with E-state index < -0.39 is 0 Å². The quantitative estimate of drug-likeness (QED) is 0.725. The molecule has 0 atom stereocenters. The first-order chi connectivity index (χ1) is 6.81. The van der Waals surface area contributed by atoms with Gasteiger partial charge in [-0.2, -0.15) is 0 Å². The average Bonchev–Trinajstić information content (AvgIpc) is 2.26. The van der Waals surface area contributed by atoms with E-state index in [1.165, 1.54) is 0 Å². The van der Waals surface area contributed by atoms with Gasteiger partial charge in [-0.15, -0.1) is 6.42 Å². The van der Waals surface area contributed by atoms with Crippen molar-refractivity contribution in [2.24, 2.45) is 0 Å². The van der Waals surface area contributed by atoms with Crippen molar-refractivity contribution in [3.05, 3.63) is 29.8 Å². The molecule has 0 aliphatic rings. The van der Waals surface area contributed by atoms with Gasteiger partial charge in [0.1, 0.15) is 0 Å². The molecule has 0 aromatic heterocycles. The molecule has 14 heavy (non-hydrogen) atoms. The molecule has 0 radical (unpaired) electrons. The molecule has 0 saturated carbocycles. The van der Waals surface area contributed by atoms with Crippen LogP contribution in [0.5, 0.6) is 0 Å². The van der Waals surface area contributed by atoms with Gasteiger partial charge in [-0.05, 0) is 31.2 Å². The molecule has 0 bridgehead atoms. The molecule has 0 spiro atoms. The van der Waals surface area contributed by atoms with E-state index >= 15 is 0 Å². The Balaban J connectivity index is 2.79. The monoisotopic (exact) mass is 189 g/mol. The topological polar surface area (TPSA) is 23.5 Å². The third kappa shape index (κ3) is 2.51. The Labute approximate surface area is 85.2 Å². The molecule has 74 valence electrons. The number of terminal acetylenes is 1. The van der Waals surface area contributed by atoms with Crippen molar-refractivity contribution < 1.29 is 5.11 Å². The second-order valence-electron chi connectivity index (χ2n) is 2.99. The average molecular weight is 189 g/mol. The zero-order chi connectivity index (χ0) is 10.4. The van der Waals surface area contributed by atoms with Crippen LogP contribution in [0, 0.1) is 12.3 Å². The Kier molecular flexibility index (Phi) is 4.03. The fourth-order valence-corrected chi connectivity index (χ4v) is 1.36. The number of nitrogens with zero attached hydrogens (tertiary/aromatic N) is 1. The molecule has 2 heteroatoms. The molecule has 0 saturated heterocycles. The van der Waals surface area contributed by atoms with Gasteiger partial charge in [-0.25, -0.2) is 0 Å². The minimum Gasteiger partial charge on any atom is -0.395 e. The van der Waals surface area contributed by atoms with Crippen LogP contribution in [-0.4, -0.2) is 24.8 Å². The third-order valence-corrected chi connectivity index (χ3v) is 2.15. The zero-order valence-electron chi connectivity index (χ0n) is 8.40. The Hall–Kier alpha value is -1.46. The summed E-state index contributed by atoms with van der Waals surface area (Å²) in [5, 5.41) is 8.86. The van der Waals surface area contributed by atoms with E-state index in [-0.39, 0.29) is 6.61 Å². The van der Waals surface area contributed by atoms with Crippen molar-refractivity contribution >= 4 is 5.69 Å². The van der Waals surface area contributed by atoms with Crippen molar-refractivity contribution in [1.29, 1.82) is 0 Å². The maximum atomic E-state index is 8.86. The SMILES string of the molecule is C#Cc1ccc(N(CC)CCO)cc1. The molecular formula is C12H15NO. The highest BCUT2D eigenvalue weighted by Crippen LogP contribution is 2.14. The lowest BCUT2D eigenvalue weighted by atomic mass is 10.2. The predicted molar refractivity (Wildman–Crippen MR) is 59.3 cm³/mol. The molecule has 0 unspecified atom stereocenters. The largest absolute Gasteiger partial charge is 0.395 e. The van der Waals surface area contributed by atoms with Crippen molar-refractivity contribution in [3.63, 3.8) is 0 Å². The summed E-state index contributed by atoms with van der Waals surface area (Å²) in [6, 6.07) is 7.79. The molecule has 0 aliphatic carbocycles. The van der Waals surface area contributed by atoms with Gasteiger partial charge in [0.25, 0.3) is 0 Å². The molecule has 1 N–H and O–H groups in total. The Bertz CT molecular complexity index is 310. The summed E-state index contributed by atoms with van der Waals surface area (Å²) in [7, 11) is 0. The standard InChI is InChI=1S/C12H15NO/c1-3-11-5-7-12(8-6-11)13(4-2)9-10-14/h1,5-8,14H,4,9-10H2,2H3. The summed E-state index contributed by atoms with van der Waals surface area (Å²) >= 11 is 0. The minimum absolute atomic E-state index is 0.171. The van der Waals surface area contributed by atoms with Gasteiger partial charge in [-0.3, -0.25) is 0 Å². The van der Waals surface area contributed by atoms with Gasteiger partial charge >= 0.3 is 0 Å². The molecule has 0 aliphatic heterocycles. The Morgan fingerprint density at radius 2 is 2.00 bits per heavy atom. The van der Waals surface area contributed by atoms with Gasteiger partial charge < -0.3 is 10.0 Å². The molecular weight excluding hydrogens is 174 g/mol. The zero-order valence-corrected chi connectivity index (χ0v) is 8.40. The van der Waals surface area contributed by atoms with Crippen LogP contribution in [0.4, 0.5) is 5.69 Å². The Morgan fingerprint density at radius 3 is 2.43 bits per heavy atom. The molecule has 1 aromatic rings. The molecule has 0 heterocycles. The van der Waals surface area contributed by atoms with Gasteiger partial charge in [0.05, 0.1) is 6.61 Å². The highest BCUT2D eigenvalue weighted by molar-refractivity contribution is 5.50. The number of hydrogen-bond acceptors (Lipinski definition) is 2. The number of hydrogen-bond donors (Lipinski definition) is 1. The van der Waals surface area contributed by atoms with E-state index in [1.807, 2.05) is 24.3 Å². The summed E-state index contributed by atoms with van der Waals surface area (Å²) in [5.74, 6) is 2.58. The van der Waals surface area contributed by atoms with Crippen LogP contribution in [0.2, 0.25) is 0 Å². The van der Waals surface area contributed by atoms with E-state index in [0.29, 0.717) is 6.54 Å². The fraction of sp³-hybridized carbons (Fsp3) is 0.333. The van der Waals surface area contributed by atoms with Gasteiger partial charge in [0, 0.05) is 24.3 Å². The van der Waals surface area contributed by atoms with Crippen LogP contribution in [0.25, 0.3) is 0 Å². The lowest BCUT2D eigenvalue weighted by molar-refractivity contribution is 0.302. The molecule has 1 rings (SSSR count). The summed E-state index contributed by atoms with van der Waals surface area (Å²) in [6.07, 6.45) is 5.26. The number of aliphatic hydroxyl groups excluding tert-OH is 1. The lowest BCUT2D eigenvalue weighted by Gasteiger charge is -2.21. The summed E-state index contributed by atoms with van der Waals surface area (Å²) in [4.78, 5) is 2.10. The smallest absolute Gasteiger partial charge is 0.0606 e. The first kappa shape index (κ1) is 10.6. The lowest BCUT2D eigenvalue weighted by Crippen LogP contribution is -2.25. The van der Waals surface area contributed by atoms with Crippen LogP contribution in [-0.2, 0) is 0 Å². The van der Waals surface area contributed by atoms with Crippen LogP contribution in [0.1, 0.15) is 12.5 Å². The first-order valence-corrected chi connectivity index (χ1v) is 4.74. The second kappa shape index (κ2) is 5.31. The van der Waals surface area contributed by atoms with Crippen molar-refractivity contribution in [3.8, 4) is 12.3 Å². The van der Waals surface area contributed by atoms with E-state index in [2.05, 4.69) is 17.7 Å². The van der Waals surface area contributed by atoms with Crippen LogP contribution in [0.15, 0.2) is 24.3 Å². The van der Waals surface area contributed by atoms with E-state index in [1.54, 1.807) is 0 Å². The summed E-state index contributed by atoms with van der Waals surface area (Å²) in [6.45, 7) is 3.78. The third-order valence-electron chi connectivity index (χ3n) is 2.15. The minimum atomic E-state index is 0.171. The van der Waals surface area contributed by atoms with Crippen molar-refractivity contribution in [1.82, 2.24) is 0 Å². The van der Waals surface area contributed by atoms with Crippen molar-refractivity contribution in [2.75, 3.05) is 24.6 Å². The van der Waals surface area contributed by atoms with Crippen LogP contribution < -0.4 is 4.90 Å². The molecule has 0 fully saturated rings. The summed E-state index contributed by atoms with van der Waals surface area (Å²) < 4.78 is 0. The number of benzene rings is 1. The van der Waals surface area contributed by atoms with Crippen LogP contribution >= 0.6 is 0 Å². The van der Waals surface area contributed by atoms with Crippen molar-refractivity contribution in [2.45, 2.75) is 6.92 Å². The highest BCUT2D eigenvalue weighted by Gasteiger charge is 2.01.